The maximum atomic E-state index is 10.9. The standard InChI is InChI=1S/C10H10Cl2O4/c11-5-1-7-15-9(13)3-4-10(14)16-8-2-6-12/h1-4,7-8H,5-6H2. The lowest BCUT2D eigenvalue weighted by molar-refractivity contribution is -0.135. The van der Waals surface area contributed by atoms with Crippen LogP contribution in [0.15, 0.2) is 36.8 Å². The van der Waals surface area contributed by atoms with Gasteiger partial charge in [0.05, 0.1) is 12.5 Å². The van der Waals surface area contributed by atoms with E-state index < -0.39 is 11.9 Å². The molecule has 0 N–H and O–H groups in total. The highest BCUT2D eigenvalue weighted by Gasteiger charge is 1.97. The van der Waals surface area contributed by atoms with Crippen LogP contribution in [-0.2, 0) is 19.1 Å². The van der Waals surface area contributed by atoms with E-state index in [0.717, 1.165) is 24.7 Å². The zero-order valence-electron chi connectivity index (χ0n) is 8.27. The van der Waals surface area contributed by atoms with Gasteiger partial charge in [0.25, 0.3) is 0 Å². The van der Waals surface area contributed by atoms with Crippen molar-refractivity contribution in [3.05, 3.63) is 36.8 Å². The van der Waals surface area contributed by atoms with Gasteiger partial charge in [-0.2, -0.15) is 0 Å². The molecule has 0 saturated carbocycles. The fraction of sp³-hybridized carbons (Fsp3) is 0.200. The normalized spacial score (nSPS) is 11.4. The molecule has 0 rings (SSSR count). The van der Waals surface area contributed by atoms with E-state index in [2.05, 4.69) is 9.47 Å². The van der Waals surface area contributed by atoms with Gasteiger partial charge in [0.2, 0.25) is 0 Å². The number of alkyl halides is 2. The van der Waals surface area contributed by atoms with Crippen LogP contribution in [0.3, 0.4) is 0 Å². The first-order chi connectivity index (χ1) is 7.70. The summed E-state index contributed by atoms with van der Waals surface area (Å²) in [5, 5.41) is 0. The molecule has 0 spiro atoms. The number of allylic oxidation sites excluding steroid dienone is 2. The number of rotatable bonds is 6. The van der Waals surface area contributed by atoms with Gasteiger partial charge in [-0.3, -0.25) is 0 Å². The van der Waals surface area contributed by atoms with Crippen LogP contribution < -0.4 is 0 Å². The van der Waals surface area contributed by atoms with Crippen LogP contribution in [0.4, 0.5) is 0 Å². The molecule has 0 aliphatic heterocycles. The van der Waals surface area contributed by atoms with Crippen LogP contribution in [0.2, 0.25) is 0 Å². The second kappa shape index (κ2) is 10.3. The molecule has 6 heteroatoms. The summed E-state index contributed by atoms with van der Waals surface area (Å²) in [6.07, 6.45) is 7.03. The summed E-state index contributed by atoms with van der Waals surface area (Å²) >= 11 is 10.6. The summed E-state index contributed by atoms with van der Waals surface area (Å²) in [6, 6.07) is 0. The van der Waals surface area contributed by atoms with Crippen molar-refractivity contribution in [3.8, 4) is 0 Å². The summed E-state index contributed by atoms with van der Waals surface area (Å²) in [5.74, 6) is -0.913. The summed E-state index contributed by atoms with van der Waals surface area (Å²) in [6.45, 7) is 0. The summed E-state index contributed by atoms with van der Waals surface area (Å²) in [5.41, 5.74) is 0. The first kappa shape index (κ1) is 14.7. The molecule has 0 saturated heterocycles. The Morgan fingerprint density at radius 3 is 1.56 bits per heavy atom. The van der Waals surface area contributed by atoms with Crippen LogP contribution in [0, 0.1) is 0 Å². The van der Waals surface area contributed by atoms with E-state index in [0.29, 0.717) is 0 Å². The lowest BCUT2D eigenvalue weighted by atomic mass is 10.5. The third-order valence-corrected chi connectivity index (χ3v) is 1.45. The van der Waals surface area contributed by atoms with Crippen molar-refractivity contribution in [1.29, 1.82) is 0 Å². The third kappa shape index (κ3) is 9.30. The lowest BCUT2D eigenvalue weighted by Gasteiger charge is -1.92. The van der Waals surface area contributed by atoms with Crippen LogP contribution in [0.1, 0.15) is 0 Å². The Bertz CT molecular complexity index is 278. The van der Waals surface area contributed by atoms with E-state index in [4.69, 9.17) is 23.2 Å². The number of carbonyl (C=O) groups is 2. The number of halogens is 2. The fourth-order valence-corrected chi connectivity index (χ4v) is 0.663. The van der Waals surface area contributed by atoms with E-state index in [1.807, 2.05) is 0 Å². The largest absolute Gasteiger partial charge is 0.432 e. The van der Waals surface area contributed by atoms with Crippen LogP contribution in [0.5, 0.6) is 0 Å². The third-order valence-electron chi connectivity index (χ3n) is 1.09. The quantitative estimate of drug-likeness (QED) is 0.319. The zero-order chi connectivity index (χ0) is 12.2. The fourth-order valence-electron chi connectivity index (χ4n) is 0.518. The highest BCUT2D eigenvalue weighted by Crippen LogP contribution is 1.89. The highest BCUT2D eigenvalue weighted by atomic mass is 35.5. The minimum atomic E-state index is -0.695. The van der Waals surface area contributed by atoms with Crippen molar-refractivity contribution in [2.45, 2.75) is 0 Å². The van der Waals surface area contributed by atoms with Crippen LogP contribution >= 0.6 is 23.2 Å². The topological polar surface area (TPSA) is 52.6 Å². The minimum Gasteiger partial charge on any atom is -0.432 e. The Hall–Kier alpha value is -1.26. The SMILES string of the molecule is O=C(C=CC(=O)OC=CCCl)OC=CCCl. The van der Waals surface area contributed by atoms with Gasteiger partial charge in [-0.1, -0.05) is 0 Å². The van der Waals surface area contributed by atoms with E-state index in [9.17, 15) is 9.59 Å². The van der Waals surface area contributed by atoms with Crippen molar-refractivity contribution in [2.24, 2.45) is 0 Å². The predicted octanol–water partition coefficient (Wildman–Crippen LogP) is 2.13. The molecule has 88 valence electrons. The first-order valence-electron chi connectivity index (χ1n) is 4.22. The summed E-state index contributed by atoms with van der Waals surface area (Å²) < 4.78 is 9.04. The molecule has 0 aliphatic rings. The van der Waals surface area contributed by atoms with Gasteiger partial charge < -0.3 is 9.47 Å². The molecule has 0 radical (unpaired) electrons. The van der Waals surface area contributed by atoms with Gasteiger partial charge in [0.15, 0.2) is 0 Å². The van der Waals surface area contributed by atoms with Gasteiger partial charge in [0, 0.05) is 23.9 Å². The molecule has 16 heavy (non-hydrogen) atoms. The van der Waals surface area contributed by atoms with Crippen molar-refractivity contribution in [2.75, 3.05) is 11.8 Å². The first-order valence-corrected chi connectivity index (χ1v) is 5.29. The van der Waals surface area contributed by atoms with Gasteiger partial charge in [-0.25, -0.2) is 9.59 Å². The second-order valence-corrected chi connectivity index (χ2v) is 2.88. The molecule has 0 atom stereocenters. The van der Waals surface area contributed by atoms with Gasteiger partial charge in [-0.15, -0.1) is 23.2 Å². The Morgan fingerprint density at radius 2 is 1.25 bits per heavy atom. The van der Waals surface area contributed by atoms with Crippen molar-refractivity contribution < 1.29 is 19.1 Å². The molecule has 0 bridgehead atoms. The molecule has 0 heterocycles. The van der Waals surface area contributed by atoms with E-state index in [1.165, 1.54) is 12.2 Å². The Labute approximate surface area is 103 Å². The molecule has 0 fully saturated rings. The summed E-state index contributed by atoms with van der Waals surface area (Å²) in [4.78, 5) is 21.8. The maximum Gasteiger partial charge on any atom is 0.335 e. The van der Waals surface area contributed by atoms with Crippen molar-refractivity contribution in [1.82, 2.24) is 0 Å². The molecule has 0 unspecified atom stereocenters. The lowest BCUT2D eigenvalue weighted by Crippen LogP contribution is -1.98. The Balaban J connectivity index is 3.88. The van der Waals surface area contributed by atoms with E-state index in [-0.39, 0.29) is 11.8 Å². The summed E-state index contributed by atoms with van der Waals surface area (Å²) in [7, 11) is 0. The average molecular weight is 265 g/mol. The van der Waals surface area contributed by atoms with E-state index >= 15 is 0 Å². The molecular formula is C10H10Cl2O4. The molecule has 0 aromatic rings. The molecular weight excluding hydrogens is 255 g/mol. The van der Waals surface area contributed by atoms with Crippen LogP contribution in [0.25, 0.3) is 0 Å². The Kier molecular flexibility index (Phi) is 9.46. The molecule has 0 aromatic carbocycles. The number of carbonyl (C=O) groups excluding carboxylic acids is 2. The molecule has 0 amide bonds. The predicted molar refractivity (Wildman–Crippen MR) is 61.0 cm³/mol. The zero-order valence-corrected chi connectivity index (χ0v) is 9.78. The van der Waals surface area contributed by atoms with Gasteiger partial charge in [0.1, 0.15) is 0 Å². The molecule has 0 aromatic heterocycles. The maximum absolute atomic E-state index is 10.9. The Morgan fingerprint density at radius 1 is 0.875 bits per heavy atom. The molecule has 4 nitrogen and oxygen atoms in total. The number of hydrogen-bond acceptors (Lipinski definition) is 4. The minimum absolute atomic E-state index is 0.238. The van der Waals surface area contributed by atoms with Crippen LogP contribution in [-0.4, -0.2) is 23.7 Å². The van der Waals surface area contributed by atoms with Crippen molar-refractivity contribution in [3.63, 3.8) is 0 Å². The second-order valence-electron chi connectivity index (χ2n) is 2.26. The molecule has 0 aliphatic carbocycles. The van der Waals surface area contributed by atoms with Gasteiger partial charge >= 0.3 is 11.9 Å². The van der Waals surface area contributed by atoms with E-state index in [1.54, 1.807) is 0 Å². The monoisotopic (exact) mass is 264 g/mol. The number of ether oxygens (including phenoxy) is 2. The average Bonchev–Trinajstić information content (AvgIpc) is 2.27. The smallest absolute Gasteiger partial charge is 0.335 e. The highest BCUT2D eigenvalue weighted by molar-refractivity contribution is 6.19. The van der Waals surface area contributed by atoms with Crippen molar-refractivity contribution >= 4 is 35.1 Å². The number of hydrogen-bond donors (Lipinski definition) is 0. The number of esters is 2. The van der Waals surface area contributed by atoms with Gasteiger partial charge in [-0.05, 0) is 12.2 Å².